The molecule has 0 radical (unpaired) electrons. The van der Waals surface area contributed by atoms with Gasteiger partial charge in [0.2, 0.25) is 5.90 Å². The number of rotatable bonds is 8. The van der Waals surface area contributed by atoms with Crippen molar-refractivity contribution in [2.24, 2.45) is 4.99 Å². The zero-order valence-electron chi connectivity index (χ0n) is 16.2. The van der Waals surface area contributed by atoms with Crippen LogP contribution < -0.4 is 14.2 Å². The average molecular weight is 381 g/mol. The van der Waals surface area contributed by atoms with Crippen molar-refractivity contribution in [2.75, 3.05) is 19.8 Å². The zero-order chi connectivity index (χ0) is 19.9. The molecule has 0 fully saturated rings. The lowest BCUT2D eigenvalue weighted by Gasteiger charge is -2.10. The highest BCUT2D eigenvalue weighted by Crippen LogP contribution is 2.29. The summed E-state index contributed by atoms with van der Waals surface area (Å²) in [6, 6.07) is 12.7. The SMILES string of the molecule is CCOc1ccc(C2=N/C(=C\c3ccc(OCC)cc3OCC)C(=O)O2)cc1. The summed E-state index contributed by atoms with van der Waals surface area (Å²) < 4.78 is 21.9. The standard InChI is InChI=1S/C22H23NO5/c1-4-25-17-10-7-15(8-11-17)21-23-19(22(24)28-21)13-16-9-12-18(26-5-2)14-20(16)27-6-3/h7-14H,4-6H2,1-3H3/b19-13-. The molecule has 0 N–H and O–H groups in total. The topological polar surface area (TPSA) is 66.3 Å². The van der Waals surface area contributed by atoms with Gasteiger partial charge in [0.1, 0.15) is 17.2 Å². The van der Waals surface area contributed by atoms with Crippen LogP contribution in [0.4, 0.5) is 0 Å². The van der Waals surface area contributed by atoms with Crippen molar-refractivity contribution in [1.82, 2.24) is 0 Å². The minimum Gasteiger partial charge on any atom is -0.494 e. The lowest BCUT2D eigenvalue weighted by Crippen LogP contribution is -2.05. The largest absolute Gasteiger partial charge is 0.494 e. The molecule has 0 unspecified atom stereocenters. The van der Waals surface area contributed by atoms with Crippen molar-refractivity contribution < 1.29 is 23.7 Å². The van der Waals surface area contributed by atoms with Crippen LogP contribution in [0.25, 0.3) is 6.08 Å². The predicted octanol–water partition coefficient (Wildman–Crippen LogP) is 4.23. The fourth-order valence-corrected chi connectivity index (χ4v) is 2.71. The van der Waals surface area contributed by atoms with Crippen LogP contribution in [0.15, 0.2) is 53.2 Å². The van der Waals surface area contributed by atoms with E-state index in [0.717, 1.165) is 11.3 Å². The van der Waals surface area contributed by atoms with Crippen molar-refractivity contribution in [2.45, 2.75) is 20.8 Å². The average Bonchev–Trinajstić information content (AvgIpc) is 3.05. The van der Waals surface area contributed by atoms with Crippen LogP contribution in [0.1, 0.15) is 31.9 Å². The third-order valence-corrected chi connectivity index (χ3v) is 3.92. The number of cyclic esters (lactones) is 1. The zero-order valence-corrected chi connectivity index (χ0v) is 16.2. The van der Waals surface area contributed by atoms with Crippen LogP contribution in [0.2, 0.25) is 0 Å². The monoisotopic (exact) mass is 381 g/mol. The van der Waals surface area contributed by atoms with Gasteiger partial charge in [0.15, 0.2) is 5.70 Å². The van der Waals surface area contributed by atoms with Gasteiger partial charge in [0.25, 0.3) is 0 Å². The molecule has 2 aromatic carbocycles. The number of carbonyl (C=O) groups is 1. The number of hydrogen-bond donors (Lipinski definition) is 0. The molecule has 146 valence electrons. The van der Waals surface area contributed by atoms with Gasteiger partial charge in [-0.3, -0.25) is 0 Å². The molecule has 0 saturated heterocycles. The summed E-state index contributed by atoms with van der Waals surface area (Å²) in [4.78, 5) is 16.6. The summed E-state index contributed by atoms with van der Waals surface area (Å²) in [7, 11) is 0. The van der Waals surface area contributed by atoms with Gasteiger partial charge in [0, 0.05) is 17.2 Å². The first kappa shape index (κ1) is 19.5. The smallest absolute Gasteiger partial charge is 0.363 e. The van der Waals surface area contributed by atoms with Crippen molar-refractivity contribution in [3.8, 4) is 17.2 Å². The van der Waals surface area contributed by atoms with Gasteiger partial charge < -0.3 is 18.9 Å². The molecule has 6 heteroatoms. The number of ether oxygens (including phenoxy) is 4. The minimum atomic E-state index is -0.500. The molecule has 0 aliphatic carbocycles. The minimum absolute atomic E-state index is 0.217. The summed E-state index contributed by atoms with van der Waals surface area (Å²) in [6.45, 7) is 7.39. The van der Waals surface area contributed by atoms with Crippen LogP contribution >= 0.6 is 0 Å². The first-order valence-electron chi connectivity index (χ1n) is 9.30. The quantitative estimate of drug-likeness (QED) is 0.506. The van der Waals surface area contributed by atoms with Crippen LogP contribution in [-0.4, -0.2) is 31.7 Å². The third kappa shape index (κ3) is 4.52. The van der Waals surface area contributed by atoms with Crippen molar-refractivity contribution in [1.29, 1.82) is 0 Å². The fourth-order valence-electron chi connectivity index (χ4n) is 2.71. The van der Waals surface area contributed by atoms with E-state index in [1.807, 2.05) is 57.2 Å². The van der Waals surface area contributed by atoms with Crippen LogP contribution in [0.5, 0.6) is 17.2 Å². The summed E-state index contributed by atoms with van der Waals surface area (Å²) in [5.74, 6) is 1.85. The second-order valence-electron chi connectivity index (χ2n) is 5.86. The highest BCUT2D eigenvalue weighted by Gasteiger charge is 2.24. The molecule has 0 atom stereocenters. The molecule has 0 amide bonds. The van der Waals surface area contributed by atoms with Gasteiger partial charge in [-0.25, -0.2) is 9.79 Å². The molecular formula is C22H23NO5. The van der Waals surface area contributed by atoms with Crippen molar-refractivity contribution in [3.05, 3.63) is 59.3 Å². The Morgan fingerprint density at radius 3 is 2.21 bits per heavy atom. The first-order chi connectivity index (χ1) is 13.6. The molecule has 3 rings (SSSR count). The molecule has 6 nitrogen and oxygen atoms in total. The van der Waals surface area contributed by atoms with E-state index in [1.54, 1.807) is 12.1 Å². The maximum atomic E-state index is 12.3. The maximum Gasteiger partial charge on any atom is 0.363 e. The lowest BCUT2D eigenvalue weighted by atomic mass is 10.1. The predicted molar refractivity (Wildman–Crippen MR) is 107 cm³/mol. The highest BCUT2D eigenvalue weighted by molar-refractivity contribution is 6.13. The van der Waals surface area contributed by atoms with E-state index in [0.29, 0.717) is 36.9 Å². The second-order valence-corrected chi connectivity index (χ2v) is 5.86. The Bertz CT molecular complexity index is 900. The molecule has 0 spiro atoms. The third-order valence-electron chi connectivity index (χ3n) is 3.92. The normalized spacial score (nSPS) is 14.6. The van der Waals surface area contributed by atoms with E-state index in [4.69, 9.17) is 18.9 Å². The Morgan fingerprint density at radius 1 is 0.893 bits per heavy atom. The van der Waals surface area contributed by atoms with E-state index in [2.05, 4.69) is 4.99 Å². The number of aliphatic imine (C=N–C) groups is 1. The van der Waals surface area contributed by atoms with Gasteiger partial charge >= 0.3 is 5.97 Å². The van der Waals surface area contributed by atoms with E-state index < -0.39 is 5.97 Å². The van der Waals surface area contributed by atoms with E-state index in [9.17, 15) is 4.79 Å². The second kappa shape index (κ2) is 9.08. The number of esters is 1. The lowest BCUT2D eigenvalue weighted by molar-refractivity contribution is -0.129. The molecule has 0 bridgehead atoms. The van der Waals surface area contributed by atoms with E-state index >= 15 is 0 Å². The van der Waals surface area contributed by atoms with Crippen molar-refractivity contribution in [3.63, 3.8) is 0 Å². The highest BCUT2D eigenvalue weighted by atomic mass is 16.6. The van der Waals surface area contributed by atoms with E-state index in [1.165, 1.54) is 0 Å². The Hall–Kier alpha value is -3.28. The Balaban J connectivity index is 1.88. The Morgan fingerprint density at radius 2 is 1.54 bits per heavy atom. The first-order valence-corrected chi connectivity index (χ1v) is 9.30. The maximum absolute atomic E-state index is 12.3. The Labute approximate surface area is 164 Å². The van der Waals surface area contributed by atoms with Gasteiger partial charge in [-0.1, -0.05) is 0 Å². The number of benzene rings is 2. The van der Waals surface area contributed by atoms with Gasteiger partial charge in [0.05, 0.1) is 19.8 Å². The van der Waals surface area contributed by atoms with Gasteiger partial charge in [-0.2, -0.15) is 0 Å². The molecule has 1 heterocycles. The molecule has 2 aromatic rings. The van der Waals surface area contributed by atoms with Gasteiger partial charge in [-0.15, -0.1) is 0 Å². The summed E-state index contributed by atoms with van der Waals surface area (Å²) in [6.07, 6.45) is 1.66. The van der Waals surface area contributed by atoms with Crippen LogP contribution in [-0.2, 0) is 9.53 Å². The number of carbonyl (C=O) groups excluding carboxylic acids is 1. The number of nitrogens with zero attached hydrogens (tertiary/aromatic N) is 1. The Kier molecular flexibility index (Phi) is 6.32. The summed E-state index contributed by atoms with van der Waals surface area (Å²) in [5, 5.41) is 0. The van der Waals surface area contributed by atoms with E-state index in [-0.39, 0.29) is 11.6 Å². The summed E-state index contributed by atoms with van der Waals surface area (Å²) >= 11 is 0. The molecule has 1 aliphatic rings. The molecular weight excluding hydrogens is 358 g/mol. The van der Waals surface area contributed by atoms with Crippen LogP contribution in [0.3, 0.4) is 0 Å². The molecule has 0 saturated carbocycles. The van der Waals surface area contributed by atoms with Crippen LogP contribution in [0, 0.1) is 0 Å². The molecule has 0 aromatic heterocycles. The molecule has 28 heavy (non-hydrogen) atoms. The molecule has 1 aliphatic heterocycles. The fraction of sp³-hybridized carbons (Fsp3) is 0.273. The number of hydrogen-bond acceptors (Lipinski definition) is 6. The summed E-state index contributed by atoms with van der Waals surface area (Å²) in [5.41, 5.74) is 1.65. The van der Waals surface area contributed by atoms with Gasteiger partial charge in [-0.05, 0) is 63.2 Å². The van der Waals surface area contributed by atoms with Crippen molar-refractivity contribution >= 4 is 17.9 Å².